The van der Waals surface area contributed by atoms with Crippen molar-refractivity contribution in [3.8, 4) is 0 Å². The number of halogens is 1. The summed E-state index contributed by atoms with van der Waals surface area (Å²) in [6.45, 7) is 0. The molecule has 0 atom stereocenters. The number of carbonyl (C=O) groups is 3. The Hall–Kier alpha value is -2.68. The first-order valence-corrected chi connectivity index (χ1v) is 8.13. The van der Waals surface area contributed by atoms with Gasteiger partial charge in [-0.2, -0.15) is 5.01 Å². The fourth-order valence-corrected chi connectivity index (χ4v) is 3.36. The Bertz CT molecular complexity index is 775. The first-order chi connectivity index (χ1) is 11.8. The SMILES string of the molecule is O=C(NN1C(=O)NC2(CCCCC2)C1=O)c1ccc(Cl)c([N+](=O)[O-])c1. The molecule has 9 nitrogen and oxygen atoms in total. The van der Waals surface area contributed by atoms with Crippen LogP contribution in [0, 0.1) is 10.1 Å². The van der Waals surface area contributed by atoms with Crippen LogP contribution >= 0.6 is 11.6 Å². The second kappa shape index (κ2) is 6.32. The number of nitrogens with one attached hydrogen (secondary N) is 2. The van der Waals surface area contributed by atoms with Gasteiger partial charge in [-0.3, -0.25) is 25.1 Å². The minimum atomic E-state index is -0.964. The van der Waals surface area contributed by atoms with Crippen LogP contribution in [-0.2, 0) is 4.79 Å². The first kappa shape index (κ1) is 17.2. The molecule has 1 spiro atoms. The van der Waals surface area contributed by atoms with Gasteiger partial charge in [0, 0.05) is 11.6 Å². The number of hydrogen-bond donors (Lipinski definition) is 2. The Morgan fingerprint density at radius 2 is 1.96 bits per heavy atom. The van der Waals surface area contributed by atoms with Crippen LogP contribution < -0.4 is 10.7 Å². The highest BCUT2D eigenvalue weighted by atomic mass is 35.5. The van der Waals surface area contributed by atoms with Crippen LogP contribution in [0.4, 0.5) is 10.5 Å². The highest BCUT2D eigenvalue weighted by Crippen LogP contribution is 2.33. The Morgan fingerprint density at radius 1 is 1.28 bits per heavy atom. The highest BCUT2D eigenvalue weighted by Gasteiger charge is 2.52. The second-order valence-corrected chi connectivity index (χ2v) is 6.48. The van der Waals surface area contributed by atoms with Crippen molar-refractivity contribution in [2.75, 3.05) is 0 Å². The summed E-state index contributed by atoms with van der Waals surface area (Å²) in [5.74, 6) is -1.31. The lowest BCUT2D eigenvalue weighted by atomic mass is 9.82. The smallest absolute Gasteiger partial charge is 0.322 e. The fourth-order valence-electron chi connectivity index (χ4n) is 3.18. The topological polar surface area (TPSA) is 122 Å². The van der Waals surface area contributed by atoms with Gasteiger partial charge >= 0.3 is 6.03 Å². The van der Waals surface area contributed by atoms with Gasteiger partial charge in [-0.25, -0.2) is 4.79 Å². The predicted molar refractivity (Wildman–Crippen MR) is 86.8 cm³/mol. The summed E-state index contributed by atoms with van der Waals surface area (Å²) in [6.07, 6.45) is 3.67. The summed E-state index contributed by atoms with van der Waals surface area (Å²) in [5.41, 5.74) is 0.738. The largest absolute Gasteiger partial charge is 0.344 e. The van der Waals surface area contributed by atoms with E-state index in [0.29, 0.717) is 17.9 Å². The second-order valence-electron chi connectivity index (χ2n) is 6.08. The van der Waals surface area contributed by atoms with E-state index in [1.165, 1.54) is 12.1 Å². The Morgan fingerprint density at radius 3 is 2.60 bits per heavy atom. The maximum atomic E-state index is 12.6. The lowest BCUT2D eigenvalue weighted by molar-refractivity contribution is -0.384. The van der Waals surface area contributed by atoms with E-state index in [1.54, 1.807) is 0 Å². The molecule has 0 unspecified atom stereocenters. The van der Waals surface area contributed by atoms with Gasteiger partial charge < -0.3 is 5.32 Å². The third-order valence-corrected chi connectivity index (χ3v) is 4.81. The van der Waals surface area contributed by atoms with Gasteiger partial charge in [-0.15, -0.1) is 0 Å². The highest BCUT2D eigenvalue weighted by molar-refractivity contribution is 6.32. The number of nitro benzene ring substituents is 1. The minimum absolute atomic E-state index is 0.0821. The van der Waals surface area contributed by atoms with Crippen LogP contribution in [0.25, 0.3) is 0 Å². The summed E-state index contributed by atoms with van der Waals surface area (Å²) < 4.78 is 0. The molecule has 0 radical (unpaired) electrons. The van der Waals surface area contributed by atoms with E-state index in [9.17, 15) is 24.5 Å². The van der Waals surface area contributed by atoms with Crippen molar-refractivity contribution < 1.29 is 19.3 Å². The number of nitro groups is 1. The van der Waals surface area contributed by atoms with Crippen molar-refractivity contribution in [1.29, 1.82) is 0 Å². The molecule has 1 aromatic carbocycles. The Kier molecular flexibility index (Phi) is 4.34. The van der Waals surface area contributed by atoms with Gasteiger partial charge in [0.25, 0.3) is 17.5 Å². The molecule has 4 amide bonds. The van der Waals surface area contributed by atoms with E-state index >= 15 is 0 Å². The molecule has 1 aliphatic heterocycles. The van der Waals surface area contributed by atoms with Crippen molar-refractivity contribution in [1.82, 2.24) is 15.8 Å². The van der Waals surface area contributed by atoms with Crippen molar-refractivity contribution >= 4 is 35.1 Å². The van der Waals surface area contributed by atoms with Crippen molar-refractivity contribution in [3.05, 3.63) is 38.9 Å². The normalized spacial score (nSPS) is 19.0. The average molecular weight is 367 g/mol. The van der Waals surface area contributed by atoms with E-state index in [4.69, 9.17) is 11.6 Å². The Balaban J connectivity index is 1.79. The van der Waals surface area contributed by atoms with Crippen molar-refractivity contribution in [2.24, 2.45) is 0 Å². The molecular formula is C15H15ClN4O5. The van der Waals surface area contributed by atoms with Crippen molar-refractivity contribution in [3.63, 3.8) is 0 Å². The summed E-state index contributed by atoms with van der Waals surface area (Å²) in [5, 5.41) is 14.1. The molecular weight excluding hydrogens is 352 g/mol. The van der Waals surface area contributed by atoms with Gasteiger partial charge in [0.05, 0.1) is 4.92 Å². The monoisotopic (exact) mass is 366 g/mol. The van der Waals surface area contributed by atoms with Crippen LogP contribution in [-0.4, -0.2) is 33.3 Å². The molecule has 1 saturated heterocycles. The van der Waals surface area contributed by atoms with E-state index in [-0.39, 0.29) is 10.6 Å². The van der Waals surface area contributed by atoms with Crippen LogP contribution in [0.1, 0.15) is 42.5 Å². The van der Waals surface area contributed by atoms with Gasteiger partial charge in [-0.1, -0.05) is 30.9 Å². The third-order valence-electron chi connectivity index (χ3n) is 4.49. The number of urea groups is 1. The number of nitrogens with zero attached hydrogens (tertiary/aromatic N) is 2. The summed E-state index contributed by atoms with van der Waals surface area (Å²) in [4.78, 5) is 47.2. The molecule has 132 valence electrons. The zero-order valence-electron chi connectivity index (χ0n) is 13.1. The maximum absolute atomic E-state index is 12.6. The third kappa shape index (κ3) is 3.02. The number of rotatable bonds is 3. The lowest BCUT2D eigenvalue weighted by Crippen LogP contribution is -2.50. The minimum Gasteiger partial charge on any atom is -0.322 e. The number of hydrogen-bond acceptors (Lipinski definition) is 5. The number of hydrazine groups is 1. The number of carbonyl (C=O) groups excluding carboxylic acids is 3. The number of amides is 4. The van der Waals surface area contributed by atoms with Gasteiger partial charge in [0.15, 0.2) is 0 Å². The van der Waals surface area contributed by atoms with Gasteiger partial charge in [0.1, 0.15) is 10.6 Å². The molecule has 1 saturated carbocycles. The van der Waals surface area contributed by atoms with E-state index in [0.717, 1.165) is 25.3 Å². The molecule has 1 aliphatic carbocycles. The lowest BCUT2D eigenvalue weighted by Gasteiger charge is -2.30. The molecule has 25 heavy (non-hydrogen) atoms. The summed E-state index contributed by atoms with van der Waals surface area (Å²) >= 11 is 5.71. The molecule has 0 aromatic heterocycles. The Labute approximate surface area is 147 Å². The molecule has 1 aromatic rings. The van der Waals surface area contributed by atoms with Crippen LogP contribution in [0.15, 0.2) is 18.2 Å². The zero-order valence-corrected chi connectivity index (χ0v) is 13.8. The average Bonchev–Trinajstić information content (AvgIpc) is 2.79. The molecule has 3 rings (SSSR count). The molecule has 2 N–H and O–H groups in total. The van der Waals surface area contributed by atoms with E-state index in [2.05, 4.69) is 10.7 Å². The number of imide groups is 1. The molecule has 1 heterocycles. The zero-order chi connectivity index (χ0) is 18.2. The predicted octanol–water partition coefficient (Wildman–Crippen LogP) is 2.15. The van der Waals surface area contributed by atoms with Gasteiger partial charge in [-0.05, 0) is 25.0 Å². The quantitative estimate of drug-likeness (QED) is 0.482. The van der Waals surface area contributed by atoms with Crippen LogP contribution in [0.2, 0.25) is 5.02 Å². The van der Waals surface area contributed by atoms with E-state index in [1.807, 2.05) is 0 Å². The summed E-state index contributed by atoms with van der Waals surface area (Å²) in [7, 11) is 0. The van der Waals surface area contributed by atoms with Crippen LogP contribution in [0.3, 0.4) is 0 Å². The molecule has 2 aliphatic rings. The molecule has 10 heteroatoms. The summed E-state index contributed by atoms with van der Waals surface area (Å²) in [6, 6.07) is 2.78. The maximum Gasteiger partial charge on any atom is 0.344 e. The van der Waals surface area contributed by atoms with E-state index < -0.39 is 34.0 Å². The van der Waals surface area contributed by atoms with Gasteiger partial charge in [0.2, 0.25) is 0 Å². The molecule has 2 fully saturated rings. The van der Waals surface area contributed by atoms with Crippen LogP contribution in [0.5, 0.6) is 0 Å². The number of benzene rings is 1. The molecule has 0 bridgehead atoms. The standard InChI is InChI=1S/C15H15ClN4O5/c16-10-5-4-9(8-11(10)20(24)25)12(21)18-19-13(22)15(17-14(19)23)6-2-1-3-7-15/h4-5,8H,1-3,6-7H2,(H,17,23)(H,18,21). The van der Waals surface area contributed by atoms with Crippen molar-refractivity contribution in [2.45, 2.75) is 37.6 Å². The first-order valence-electron chi connectivity index (χ1n) is 7.76. The fraction of sp³-hybridized carbons (Fsp3) is 0.400.